The molecule has 0 aliphatic heterocycles. The zero-order valence-corrected chi connectivity index (χ0v) is 9.00. The number of ether oxygens (including phenoxy) is 1. The van der Waals surface area contributed by atoms with Crippen LogP contribution in [0.1, 0.15) is 22.5 Å². The first kappa shape index (κ1) is 13.9. The third-order valence-electron chi connectivity index (χ3n) is 1.93. The smallest absolute Gasteiger partial charge is 0.432 e. The van der Waals surface area contributed by atoms with Crippen molar-refractivity contribution >= 4 is 11.8 Å². The second-order valence-electron chi connectivity index (χ2n) is 3.15. The van der Waals surface area contributed by atoms with Crippen molar-refractivity contribution in [3.63, 3.8) is 0 Å². The lowest BCUT2D eigenvalue weighted by molar-refractivity contribution is -0.142. The van der Waals surface area contributed by atoms with Crippen LogP contribution in [0.4, 0.5) is 13.2 Å². The van der Waals surface area contributed by atoms with Crippen LogP contribution in [0.25, 0.3) is 0 Å². The summed E-state index contributed by atoms with van der Waals surface area (Å²) in [6, 6.07) is 0. The van der Waals surface area contributed by atoms with Crippen molar-refractivity contribution in [1.29, 1.82) is 0 Å². The number of esters is 1. The van der Waals surface area contributed by atoms with Gasteiger partial charge in [0.05, 0.1) is 12.7 Å². The minimum Gasteiger partial charge on any atom is -0.469 e. The summed E-state index contributed by atoms with van der Waals surface area (Å²) in [5.74, 6) is -2.13. The van der Waals surface area contributed by atoms with Crippen molar-refractivity contribution < 1.29 is 27.5 Å². The van der Waals surface area contributed by atoms with Crippen LogP contribution >= 0.6 is 0 Å². The molecule has 0 aliphatic carbocycles. The number of ketones is 1. The van der Waals surface area contributed by atoms with Crippen molar-refractivity contribution in [1.82, 2.24) is 9.97 Å². The van der Waals surface area contributed by atoms with Gasteiger partial charge in [0.15, 0.2) is 5.78 Å². The van der Waals surface area contributed by atoms with Crippen molar-refractivity contribution in [2.24, 2.45) is 0 Å². The molecule has 1 aromatic heterocycles. The Morgan fingerprint density at radius 3 is 2.56 bits per heavy atom. The maximum Gasteiger partial charge on any atom is 0.432 e. The van der Waals surface area contributed by atoms with Gasteiger partial charge in [0, 0.05) is 6.20 Å². The highest BCUT2D eigenvalue weighted by molar-refractivity contribution is 6.06. The number of nitrogens with one attached hydrogen (secondary N) is 1. The van der Waals surface area contributed by atoms with Crippen LogP contribution < -0.4 is 5.69 Å². The number of aromatic amines is 1. The highest BCUT2D eigenvalue weighted by Gasteiger charge is 2.37. The van der Waals surface area contributed by atoms with Crippen molar-refractivity contribution in [2.45, 2.75) is 12.6 Å². The number of methoxy groups -OCH3 is 1. The lowest BCUT2D eigenvalue weighted by Crippen LogP contribution is -2.24. The minimum atomic E-state index is -4.93. The van der Waals surface area contributed by atoms with Gasteiger partial charge in [-0.2, -0.15) is 13.2 Å². The van der Waals surface area contributed by atoms with Crippen molar-refractivity contribution in [3.8, 4) is 0 Å². The lowest BCUT2D eigenvalue weighted by Gasteiger charge is -2.10. The van der Waals surface area contributed by atoms with Gasteiger partial charge in [-0.3, -0.25) is 9.59 Å². The minimum absolute atomic E-state index is 0.479. The van der Waals surface area contributed by atoms with Crippen LogP contribution in [0, 0.1) is 0 Å². The molecule has 1 aromatic rings. The van der Waals surface area contributed by atoms with Gasteiger partial charge in [0.25, 0.3) is 0 Å². The van der Waals surface area contributed by atoms with E-state index in [-0.39, 0.29) is 0 Å². The molecule has 98 valence electrons. The number of carbonyl (C=O) groups excluding carboxylic acids is 2. The quantitative estimate of drug-likeness (QED) is 0.488. The molecule has 1 heterocycles. The van der Waals surface area contributed by atoms with Crippen LogP contribution in [-0.4, -0.2) is 28.8 Å². The standard InChI is InChI=1S/C9H7F3N2O4/c1-18-6(16)2-5(15)4-3-13-8(17)14-7(4)9(10,11)12/h3H,2H2,1H3,(H,13,14,17). The van der Waals surface area contributed by atoms with E-state index in [1.54, 1.807) is 0 Å². The van der Waals surface area contributed by atoms with Gasteiger partial charge in [-0.1, -0.05) is 0 Å². The molecule has 1 N–H and O–H groups in total. The number of aromatic nitrogens is 2. The van der Waals surface area contributed by atoms with E-state index in [1.807, 2.05) is 0 Å². The Kier molecular flexibility index (Phi) is 3.84. The van der Waals surface area contributed by atoms with Gasteiger partial charge in [0.1, 0.15) is 12.1 Å². The zero-order valence-electron chi connectivity index (χ0n) is 9.00. The molecule has 0 unspecified atom stereocenters. The molecule has 9 heteroatoms. The molecular weight excluding hydrogens is 257 g/mol. The molecule has 18 heavy (non-hydrogen) atoms. The molecule has 0 atom stereocenters. The van der Waals surface area contributed by atoms with E-state index in [4.69, 9.17) is 0 Å². The Bertz CT molecular complexity index is 535. The molecule has 0 aliphatic rings. The highest BCUT2D eigenvalue weighted by atomic mass is 19.4. The zero-order chi connectivity index (χ0) is 13.9. The molecule has 1 rings (SSSR count). The molecule has 0 saturated carbocycles. The van der Waals surface area contributed by atoms with E-state index in [9.17, 15) is 27.6 Å². The molecule has 0 saturated heterocycles. The predicted octanol–water partition coefficient (Wildman–Crippen LogP) is 0.535. The summed E-state index contributed by atoms with van der Waals surface area (Å²) in [4.78, 5) is 37.4. The Balaban J connectivity index is 3.20. The number of halogens is 3. The van der Waals surface area contributed by atoms with Gasteiger partial charge in [-0.05, 0) is 0 Å². The van der Waals surface area contributed by atoms with Gasteiger partial charge < -0.3 is 9.72 Å². The maximum atomic E-state index is 12.5. The Hall–Kier alpha value is -2.19. The average Bonchev–Trinajstić information content (AvgIpc) is 2.27. The third kappa shape index (κ3) is 3.15. The Morgan fingerprint density at radius 2 is 2.06 bits per heavy atom. The van der Waals surface area contributed by atoms with Crippen LogP contribution in [0.5, 0.6) is 0 Å². The number of rotatable bonds is 3. The normalized spacial score (nSPS) is 11.1. The summed E-state index contributed by atoms with van der Waals surface area (Å²) in [6.07, 6.45) is -5.32. The molecule has 0 bridgehead atoms. The summed E-state index contributed by atoms with van der Waals surface area (Å²) in [7, 11) is 0.991. The maximum absolute atomic E-state index is 12.5. The second-order valence-corrected chi connectivity index (χ2v) is 3.15. The summed E-state index contributed by atoms with van der Waals surface area (Å²) >= 11 is 0. The molecule has 0 radical (unpaired) electrons. The number of H-pyrrole nitrogens is 1. The van der Waals surface area contributed by atoms with Gasteiger partial charge in [0.2, 0.25) is 0 Å². The first-order valence-corrected chi connectivity index (χ1v) is 4.52. The summed E-state index contributed by atoms with van der Waals surface area (Å²) in [5.41, 5.74) is -3.65. The van der Waals surface area contributed by atoms with Crippen LogP contribution in [0.3, 0.4) is 0 Å². The van der Waals surface area contributed by atoms with Crippen LogP contribution in [-0.2, 0) is 15.7 Å². The highest BCUT2D eigenvalue weighted by Crippen LogP contribution is 2.29. The first-order chi connectivity index (χ1) is 8.25. The Morgan fingerprint density at radius 1 is 1.44 bits per heavy atom. The molecule has 0 spiro atoms. The average molecular weight is 264 g/mol. The van der Waals surface area contributed by atoms with E-state index in [0.717, 1.165) is 7.11 Å². The number of hydrogen-bond acceptors (Lipinski definition) is 5. The fourth-order valence-corrected chi connectivity index (χ4v) is 1.13. The lowest BCUT2D eigenvalue weighted by atomic mass is 10.1. The topological polar surface area (TPSA) is 89.1 Å². The largest absolute Gasteiger partial charge is 0.469 e. The van der Waals surface area contributed by atoms with Crippen molar-refractivity contribution in [2.75, 3.05) is 7.11 Å². The van der Waals surface area contributed by atoms with E-state index < -0.39 is 41.3 Å². The summed E-state index contributed by atoms with van der Waals surface area (Å²) in [5, 5.41) is 0. The van der Waals surface area contributed by atoms with Crippen LogP contribution in [0.15, 0.2) is 11.0 Å². The molecule has 6 nitrogen and oxygen atoms in total. The van der Waals surface area contributed by atoms with Crippen molar-refractivity contribution in [3.05, 3.63) is 27.9 Å². The SMILES string of the molecule is COC(=O)CC(=O)c1cnc(=O)[nH]c1C(F)(F)F. The fourth-order valence-electron chi connectivity index (χ4n) is 1.13. The number of hydrogen-bond donors (Lipinski definition) is 1. The number of alkyl halides is 3. The third-order valence-corrected chi connectivity index (χ3v) is 1.93. The van der Waals surface area contributed by atoms with Gasteiger partial charge in [-0.15, -0.1) is 0 Å². The number of Topliss-reactive ketones (excluding diaryl/α,β-unsaturated/α-hetero) is 1. The Labute approximate surface area is 97.8 Å². The molecule has 0 amide bonds. The summed E-state index contributed by atoms with van der Waals surface area (Å²) in [6.45, 7) is 0. The molecule has 0 fully saturated rings. The monoisotopic (exact) mass is 264 g/mol. The fraction of sp³-hybridized carbons (Fsp3) is 0.333. The molecular formula is C9H7F3N2O4. The van der Waals surface area contributed by atoms with E-state index >= 15 is 0 Å². The number of carbonyl (C=O) groups is 2. The number of nitrogens with zero attached hydrogens (tertiary/aromatic N) is 1. The van der Waals surface area contributed by atoms with E-state index in [1.165, 1.54) is 4.98 Å². The summed E-state index contributed by atoms with van der Waals surface area (Å²) < 4.78 is 41.8. The first-order valence-electron chi connectivity index (χ1n) is 4.52. The van der Waals surface area contributed by atoms with Gasteiger partial charge in [-0.25, -0.2) is 9.78 Å². The second kappa shape index (κ2) is 4.98. The predicted molar refractivity (Wildman–Crippen MR) is 50.8 cm³/mol. The molecule has 0 aromatic carbocycles. The van der Waals surface area contributed by atoms with E-state index in [2.05, 4.69) is 9.72 Å². The van der Waals surface area contributed by atoms with E-state index in [0.29, 0.717) is 6.20 Å². The van der Waals surface area contributed by atoms with Gasteiger partial charge >= 0.3 is 17.8 Å². The van der Waals surface area contributed by atoms with Crippen LogP contribution in [0.2, 0.25) is 0 Å².